The monoisotopic (exact) mass is 235 g/mol. The predicted octanol–water partition coefficient (Wildman–Crippen LogP) is 2.89. The minimum absolute atomic E-state index is 0.283. The lowest BCUT2D eigenvalue weighted by atomic mass is 9.94. The Morgan fingerprint density at radius 1 is 1.41 bits per heavy atom. The van der Waals surface area contributed by atoms with Crippen LogP contribution in [0.1, 0.15) is 13.8 Å². The highest BCUT2D eigenvalue weighted by Gasteiger charge is 2.28. The third-order valence-corrected chi connectivity index (χ3v) is 2.91. The molecule has 1 aromatic carbocycles. The van der Waals surface area contributed by atoms with Crippen LogP contribution in [0.2, 0.25) is 0 Å². The Labute approximate surface area is 98.5 Å². The third kappa shape index (κ3) is 2.02. The minimum Gasteiger partial charge on any atom is -0.481 e. The Morgan fingerprint density at radius 3 is 2.76 bits per heavy atom. The summed E-state index contributed by atoms with van der Waals surface area (Å²) in [7, 11) is 0. The van der Waals surface area contributed by atoms with Crippen LogP contribution in [-0.4, -0.2) is 15.6 Å². The molecule has 1 N–H and O–H groups in total. The van der Waals surface area contributed by atoms with E-state index in [-0.39, 0.29) is 5.82 Å². The lowest BCUT2D eigenvalue weighted by Gasteiger charge is -2.20. The molecule has 0 bridgehead atoms. The second kappa shape index (κ2) is 3.87. The molecule has 0 aliphatic rings. The van der Waals surface area contributed by atoms with E-state index in [1.54, 1.807) is 42.8 Å². The fourth-order valence-electron chi connectivity index (χ4n) is 1.82. The molecule has 0 fully saturated rings. The van der Waals surface area contributed by atoms with Crippen LogP contribution in [0.15, 0.2) is 30.5 Å². The van der Waals surface area contributed by atoms with Crippen LogP contribution in [-0.2, 0) is 11.3 Å². The molecule has 1 heterocycles. The van der Waals surface area contributed by atoms with Crippen molar-refractivity contribution < 1.29 is 14.3 Å². The van der Waals surface area contributed by atoms with E-state index < -0.39 is 11.4 Å². The van der Waals surface area contributed by atoms with Crippen LogP contribution in [0, 0.1) is 11.2 Å². The molecule has 0 atom stereocenters. The molecule has 3 nitrogen and oxygen atoms in total. The van der Waals surface area contributed by atoms with E-state index in [2.05, 4.69) is 0 Å². The van der Waals surface area contributed by atoms with Crippen LogP contribution < -0.4 is 0 Å². The minimum atomic E-state index is -0.877. The van der Waals surface area contributed by atoms with E-state index in [4.69, 9.17) is 5.11 Å². The number of nitrogens with zero attached hydrogens (tertiary/aromatic N) is 1. The fourth-order valence-corrected chi connectivity index (χ4v) is 1.82. The molecule has 0 spiro atoms. The highest BCUT2D eigenvalue weighted by molar-refractivity contribution is 5.81. The number of halogens is 1. The van der Waals surface area contributed by atoms with Crippen LogP contribution in [0.25, 0.3) is 10.9 Å². The van der Waals surface area contributed by atoms with E-state index in [9.17, 15) is 9.18 Å². The average molecular weight is 235 g/mol. The predicted molar refractivity (Wildman–Crippen MR) is 63.3 cm³/mol. The zero-order valence-corrected chi connectivity index (χ0v) is 9.77. The van der Waals surface area contributed by atoms with Gasteiger partial charge in [0.25, 0.3) is 0 Å². The van der Waals surface area contributed by atoms with Crippen molar-refractivity contribution in [2.75, 3.05) is 0 Å². The van der Waals surface area contributed by atoms with Crippen LogP contribution in [0.5, 0.6) is 0 Å². The number of aromatic nitrogens is 1. The van der Waals surface area contributed by atoms with Crippen molar-refractivity contribution in [3.8, 4) is 0 Å². The van der Waals surface area contributed by atoms with Gasteiger partial charge in [0.05, 0.1) is 10.9 Å². The van der Waals surface area contributed by atoms with Gasteiger partial charge >= 0.3 is 5.97 Å². The van der Waals surface area contributed by atoms with Crippen molar-refractivity contribution >= 4 is 16.9 Å². The van der Waals surface area contributed by atoms with Gasteiger partial charge in [-0.25, -0.2) is 4.39 Å². The topological polar surface area (TPSA) is 42.2 Å². The summed E-state index contributed by atoms with van der Waals surface area (Å²) in [5.41, 5.74) is -0.155. The largest absolute Gasteiger partial charge is 0.481 e. The van der Waals surface area contributed by atoms with Gasteiger partial charge < -0.3 is 9.67 Å². The zero-order chi connectivity index (χ0) is 12.6. The summed E-state index contributed by atoms with van der Waals surface area (Å²) in [5.74, 6) is -1.15. The molecular formula is C13H14FNO2. The van der Waals surface area contributed by atoms with E-state index in [1.165, 1.54) is 6.07 Å². The summed E-state index contributed by atoms with van der Waals surface area (Å²) < 4.78 is 15.2. The summed E-state index contributed by atoms with van der Waals surface area (Å²) in [6, 6.07) is 6.48. The first-order chi connectivity index (χ1) is 7.92. The molecule has 0 aliphatic heterocycles. The van der Waals surface area contributed by atoms with Crippen molar-refractivity contribution in [2.24, 2.45) is 5.41 Å². The molecular weight excluding hydrogens is 221 g/mol. The molecule has 0 saturated heterocycles. The van der Waals surface area contributed by atoms with Gasteiger partial charge in [-0.05, 0) is 32.0 Å². The SMILES string of the molecule is CC(C)(Cn1ccc2c(F)cccc21)C(=O)O. The summed E-state index contributed by atoms with van der Waals surface area (Å²) >= 11 is 0. The Hall–Kier alpha value is -1.84. The Bertz CT molecular complexity index is 572. The molecule has 4 heteroatoms. The Balaban J connectivity index is 2.44. The average Bonchev–Trinajstić information content (AvgIpc) is 2.62. The van der Waals surface area contributed by atoms with E-state index in [0.717, 1.165) is 5.52 Å². The van der Waals surface area contributed by atoms with Gasteiger partial charge in [-0.3, -0.25) is 4.79 Å². The van der Waals surface area contributed by atoms with E-state index in [1.807, 2.05) is 0 Å². The first-order valence-corrected chi connectivity index (χ1v) is 5.38. The van der Waals surface area contributed by atoms with Crippen LogP contribution in [0.4, 0.5) is 4.39 Å². The highest BCUT2D eigenvalue weighted by Crippen LogP contribution is 2.24. The van der Waals surface area contributed by atoms with E-state index in [0.29, 0.717) is 11.9 Å². The van der Waals surface area contributed by atoms with Crippen molar-refractivity contribution in [3.05, 3.63) is 36.3 Å². The van der Waals surface area contributed by atoms with E-state index >= 15 is 0 Å². The molecule has 2 rings (SSSR count). The number of carbonyl (C=O) groups is 1. The lowest BCUT2D eigenvalue weighted by molar-refractivity contribution is -0.147. The third-order valence-electron chi connectivity index (χ3n) is 2.91. The summed E-state index contributed by atoms with van der Waals surface area (Å²) in [5, 5.41) is 9.60. The number of fused-ring (bicyclic) bond motifs is 1. The maximum absolute atomic E-state index is 13.5. The number of carboxylic acid groups (broad SMARTS) is 1. The summed E-state index contributed by atoms with van der Waals surface area (Å²) in [6.07, 6.45) is 1.72. The van der Waals surface area contributed by atoms with Crippen molar-refractivity contribution in [1.29, 1.82) is 0 Å². The second-order valence-electron chi connectivity index (χ2n) is 4.81. The summed E-state index contributed by atoms with van der Waals surface area (Å²) in [4.78, 5) is 11.1. The molecule has 0 unspecified atom stereocenters. The lowest BCUT2D eigenvalue weighted by Crippen LogP contribution is -2.28. The number of hydrogen-bond donors (Lipinski definition) is 1. The maximum Gasteiger partial charge on any atom is 0.310 e. The fraction of sp³-hybridized carbons (Fsp3) is 0.308. The summed E-state index contributed by atoms with van der Waals surface area (Å²) in [6.45, 7) is 3.62. The maximum atomic E-state index is 13.5. The molecule has 0 amide bonds. The first-order valence-electron chi connectivity index (χ1n) is 5.38. The molecule has 1 aromatic heterocycles. The molecule has 2 aromatic rings. The van der Waals surface area contributed by atoms with Crippen molar-refractivity contribution in [2.45, 2.75) is 20.4 Å². The van der Waals surface area contributed by atoms with Crippen LogP contribution >= 0.6 is 0 Å². The molecule has 0 radical (unpaired) electrons. The molecule has 0 aliphatic carbocycles. The van der Waals surface area contributed by atoms with Gasteiger partial charge in [-0.15, -0.1) is 0 Å². The smallest absolute Gasteiger partial charge is 0.310 e. The normalized spacial score (nSPS) is 11.9. The number of hydrogen-bond acceptors (Lipinski definition) is 1. The van der Waals surface area contributed by atoms with Crippen molar-refractivity contribution in [1.82, 2.24) is 4.57 Å². The number of benzene rings is 1. The van der Waals surface area contributed by atoms with Crippen LogP contribution in [0.3, 0.4) is 0 Å². The molecule has 17 heavy (non-hydrogen) atoms. The number of rotatable bonds is 3. The van der Waals surface area contributed by atoms with Gasteiger partial charge in [-0.1, -0.05) is 6.07 Å². The molecule has 90 valence electrons. The van der Waals surface area contributed by atoms with Gasteiger partial charge in [0.15, 0.2) is 0 Å². The Kier molecular flexibility index (Phi) is 2.65. The Morgan fingerprint density at radius 2 is 2.12 bits per heavy atom. The van der Waals surface area contributed by atoms with Gasteiger partial charge in [0.2, 0.25) is 0 Å². The van der Waals surface area contributed by atoms with Gasteiger partial charge in [0.1, 0.15) is 5.82 Å². The standard InChI is InChI=1S/C13H14FNO2/c1-13(2,12(16)17)8-15-7-6-9-10(14)4-3-5-11(9)15/h3-7H,8H2,1-2H3,(H,16,17). The highest BCUT2D eigenvalue weighted by atomic mass is 19.1. The number of carboxylic acids is 1. The second-order valence-corrected chi connectivity index (χ2v) is 4.81. The zero-order valence-electron chi connectivity index (χ0n) is 9.77. The first kappa shape index (κ1) is 11.6. The quantitative estimate of drug-likeness (QED) is 0.888. The molecule has 0 saturated carbocycles. The number of aliphatic carboxylic acids is 1. The van der Waals surface area contributed by atoms with Crippen molar-refractivity contribution in [3.63, 3.8) is 0 Å². The van der Waals surface area contributed by atoms with Gasteiger partial charge in [-0.2, -0.15) is 0 Å². The van der Waals surface area contributed by atoms with Gasteiger partial charge in [0, 0.05) is 18.1 Å².